The normalized spacial score (nSPS) is 13.5. The molecule has 0 saturated carbocycles. The number of benzene rings is 4. The van der Waals surface area contributed by atoms with Crippen molar-refractivity contribution in [2.75, 3.05) is 81.5 Å². The Hall–Kier alpha value is -6.93. The molecule has 4 aromatic carbocycles. The number of fused-ring (bicyclic) bond motifs is 9. The molecular formula is C55H63N7O14S3. The van der Waals surface area contributed by atoms with E-state index < -0.39 is 41.0 Å². The number of phenols is 2. The lowest BCUT2D eigenvalue weighted by atomic mass is 9.77. The van der Waals surface area contributed by atoms with E-state index in [9.17, 15) is 39.6 Å². The van der Waals surface area contributed by atoms with E-state index in [1.54, 1.807) is 30.3 Å². The second kappa shape index (κ2) is 26.8. The second-order valence-corrected chi connectivity index (χ2v) is 22.3. The zero-order valence-corrected chi connectivity index (χ0v) is 46.3. The molecule has 0 bridgehead atoms. The van der Waals surface area contributed by atoms with Gasteiger partial charge in [-0.05, 0) is 61.1 Å². The molecule has 2 amide bonds. The zero-order chi connectivity index (χ0) is 56.1. The molecule has 8 rings (SSSR count). The molecule has 0 fully saturated rings. The number of aliphatic hydroxyl groups excluding tert-OH is 1. The van der Waals surface area contributed by atoms with Crippen LogP contribution in [0.5, 0.6) is 23.0 Å². The Balaban J connectivity index is 0.668. The number of amides is 2. The van der Waals surface area contributed by atoms with Crippen molar-refractivity contribution in [2.24, 2.45) is 5.41 Å². The molecule has 21 nitrogen and oxygen atoms in total. The van der Waals surface area contributed by atoms with Gasteiger partial charge in [0.15, 0.2) is 16.5 Å². The van der Waals surface area contributed by atoms with E-state index >= 15 is 0 Å². The van der Waals surface area contributed by atoms with Crippen LogP contribution in [0.1, 0.15) is 72.9 Å². The first kappa shape index (κ1) is 58.2. The number of aliphatic hydroxyl groups is 1. The van der Waals surface area contributed by atoms with Gasteiger partial charge in [-0.15, -0.1) is 0 Å². The molecule has 0 saturated heterocycles. The number of unbranched alkanes of at least 4 members (excludes halogenated alkanes) is 1. The standard InChI is InChI=1S/C55H63N7O14S3/c1-4-5-10-45-60-47-48(62(45)31-54(2,3)32-63)36-8-6-7-9-41(36)59-49(47)61-53(70)74-25-26-78-79-30-42(50(67)68)58-46(66)17-19-71-21-23-73-24-22-72-20-18-56-52(77)57-33-11-14-38-37(27-33)51(69)76-55(38)39-15-12-34(64)28-43(39)75-44-29-35(65)13-16-40(44)55/h6-9,11-16,27-29,42,63-65H,4-5,10,17-26,30-32H2,1-3H3,(H,58,66)(H,67,68)(H2,56,57,77)(H,59,61,70)/t42-/m0/s1. The van der Waals surface area contributed by atoms with Gasteiger partial charge in [0.2, 0.25) is 5.91 Å². The third kappa shape index (κ3) is 14.3. The van der Waals surface area contributed by atoms with Gasteiger partial charge in [-0.25, -0.2) is 24.4 Å². The number of rotatable bonds is 28. The fraction of sp³-hybridized carbons (Fsp3) is 0.400. The van der Waals surface area contributed by atoms with Crippen LogP contribution in [0.15, 0.2) is 78.9 Å². The molecule has 8 N–H and O–H groups in total. The van der Waals surface area contributed by atoms with Gasteiger partial charge in [0.25, 0.3) is 0 Å². The van der Waals surface area contributed by atoms with Crippen molar-refractivity contribution in [3.63, 3.8) is 0 Å². The van der Waals surface area contributed by atoms with Crippen molar-refractivity contribution < 1.29 is 68.0 Å². The first-order chi connectivity index (χ1) is 38.1. The van der Waals surface area contributed by atoms with Crippen LogP contribution in [0, 0.1) is 5.41 Å². The summed E-state index contributed by atoms with van der Waals surface area (Å²) in [6.45, 7) is 8.46. The number of para-hydroxylation sites is 1. The van der Waals surface area contributed by atoms with Gasteiger partial charge < -0.3 is 69.4 Å². The lowest BCUT2D eigenvalue weighted by molar-refractivity contribution is -0.141. The highest BCUT2D eigenvalue weighted by molar-refractivity contribution is 8.76. The fourth-order valence-electron chi connectivity index (χ4n) is 8.96. The highest BCUT2D eigenvalue weighted by Crippen LogP contribution is 2.57. The number of anilines is 2. The maximum Gasteiger partial charge on any atom is 0.412 e. The summed E-state index contributed by atoms with van der Waals surface area (Å²) in [5.74, 6) is -0.173. The molecule has 2 aromatic heterocycles. The molecule has 2 aliphatic rings. The smallest absolute Gasteiger partial charge is 0.412 e. The van der Waals surface area contributed by atoms with Crippen molar-refractivity contribution >= 4 is 96.3 Å². The van der Waals surface area contributed by atoms with Crippen LogP contribution < -0.4 is 26.0 Å². The maximum absolute atomic E-state index is 13.4. The highest BCUT2D eigenvalue weighted by Gasteiger charge is 2.53. The predicted molar refractivity (Wildman–Crippen MR) is 303 cm³/mol. The minimum Gasteiger partial charge on any atom is -0.508 e. The van der Waals surface area contributed by atoms with Gasteiger partial charge in [0, 0.05) is 89.4 Å². The van der Waals surface area contributed by atoms with Crippen LogP contribution >= 0.6 is 33.8 Å². The van der Waals surface area contributed by atoms with Gasteiger partial charge >= 0.3 is 18.0 Å². The maximum atomic E-state index is 13.4. The Labute approximate surface area is 468 Å². The largest absolute Gasteiger partial charge is 0.508 e. The number of carbonyl (C=O) groups is 4. The van der Waals surface area contributed by atoms with E-state index in [-0.39, 0.29) is 74.0 Å². The number of aryl methyl sites for hydroxylation is 1. The van der Waals surface area contributed by atoms with Gasteiger partial charge in [0.1, 0.15) is 47.0 Å². The summed E-state index contributed by atoms with van der Waals surface area (Å²) in [6.07, 6.45) is 1.86. The molecular weight excluding hydrogens is 1080 g/mol. The van der Waals surface area contributed by atoms with E-state index in [1.165, 1.54) is 45.9 Å². The third-order valence-corrected chi connectivity index (χ3v) is 15.4. The summed E-state index contributed by atoms with van der Waals surface area (Å²) in [5, 5.41) is 52.8. The summed E-state index contributed by atoms with van der Waals surface area (Å²) in [4.78, 5) is 60.6. The van der Waals surface area contributed by atoms with E-state index in [4.69, 9.17) is 50.6 Å². The number of pyridine rings is 1. The molecule has 79 heavy (non-hydrogen) atoms. The van der Waals surface area contributed by atoms with E-state index in [0.29, 0.717) is 82.8 Å². The Morgan fingerprint density at radius 1 is 0.848 bits per heavy atom. The predicted octanol–water partition coefficient (Wildman–Crippen LogP) is 7.85. The van der Waals surface area contributed by atoms with Gasteiger partial charge in [0.05, 0.1) is 56.2 Å². The molecule has 0 radical (unpaired) electrons. The Kier molecular flexibility index (Phi) is 19.8. The van der Waals surface area contributed by atoms with Crippen LogP contribution in [0.25, 0.3) is 21.9 Å². The van der Waals surface area contributed by atoms with E-state index in [1.807, 2.05) is 38.1 Å². The van der Waals surface area contributed by atoms with Crippen molar-refractivity contribution in [2.45, 2.75) is 64.6 Å². The number of thiocarbonyl (C=S) groups is 1. The number of imidazole rings is 1. The first-order valence-corrected chi connectivity index (χ1v) is 28.6. The number of aromatic hydroxyl groups is 2. The van der Waals surface area contributed by atoms with Crippen LogP contribution in [0.2, 0.25) is 0 Å². The Morgan fingerprint density at radius 2 is 1.53 bits per heavy atom. The van der Waals surface area contributed by atoms with Crippen LogP contribution in [-0.2, 0) is 51.8 Å². The molecule has 420 valence electrons. The van der Waals surface area contributed by atoms with Gasteiger partial charge in [-0.1, -0.05) is 73.0 Å². The monoisotopic (exact) mass is 1140 g/mol. The molecule has 6 aromatic rings. The summed E-state index contributed by atoms with van der Waals surface area (Å²) in [5.41, 5.74) is 2.70. The average Bonchev–Trinajstić information content (AvgIpc) is 3.19. The second-order valence-electron chi connectivity index (χ2n) is 19.3. The minimum absolute atomic E-state index is 0.0150. The number of carboxylic acids is 1. The SMILES string of the molecule is CCCCc1nc2c(NC(=O)OCCSSC[C@H](NC(=O)CCOCCOCCOCCNC(=S)Nc3ccc4c(c3)C(=O)OC43c4ccc(O)cc4Oc4cc(O)ccc43)C(=O)O)nc3ccccc3c2n1CC(C)(C)CO. The highest BCUT2D eigenvalue weighted by atomic mass is 33.1. The van der Waals surface area contributed by atoms with Crippen molar-refractivity contribution in [3.05, 3.63) is 107 Å². The van der Waals surface area contributed by atoms with Crippen molar-refractivity contribution in [3.8, 4) is 23.0 Å². The topological polar surface area (TPSA) is 283 Å². The number of esters is 1. The zero-order valence-electron chi connectivity index (χ0n) is 43.8. The summed E-state index contributed by atoms with van der Waals surface area (Å²) >= 11 is 5.48. The Bertz CT molecular complexity index is 3140. The van der Waals surface area contributed by atoms with Gasteiger partial charge in [-0.3, -0.25) is 10.1 Å². The van der Waals surface area contributed by atoms with Crippen LogP contribution in [-0.4, -0.2) is 141 Å². The number of nitrogens with one attached hydrogen (secondary N) is 4. The summed E-state index contributed by atoms with van der Waals surface area (Å²) in [7, 11) is 2.53. The molecule has 1 spiro atoms. The molecule has 0 aliphatic carbocycles. The number of carboxylic acid groups (broad SMARTS) is 1. The number of ether oxygens (including phenoxy) is 6. The first-order valence-electron chi connectivity index (χ1n) is 25.7. The third-order valence-electron chi connectivity index (χ3n) is 12.8. The van der Waals surface area contributed by atoms with Crippen molar-refractivity contribution in [1.82, 2.24) is 25.2 Å². The minimum atomic E-state index is -1.37. The molecule has 24 heteroatoms. The number of aromatic nitrogens is 3. The number of phenolic OH excluding ortho intramolecular Hbond substituents is 2. The molecule has 1 atom stereocenters. The van der Waals surface area contributed by atoms with E-state index in [0.717, 1.165) is 36.0 Å². The van der Waals surface area contributed by atoms with Crippen LogP contribution in [0.3, 0.4) is 0 Å². The summed E-state index contributed by atoms with van der Waals surface area (Å²) in [6, 6.07) is 20.8. The number of hydrogen-bond acceptors (Lipinski definition) is 18. The number of carbonyl (C=O) groups excluding carboxylic acids is 3. The lowest BCUT2D eigenvalue weighted by Gasteiger charge is -2.36. The number of nitrogens with zero attached hydrogens (tertiary/aromatic N) is 3. The van der Waals surface area contributed by atoms with E-state index in [2.05, 4.69) is 32.8 Å². The average molecular weight is 1140 g/mol. The van der Waals surface area contributed by atoms with Crippen molar-refractivity contribution in [1.29, 1.82) is 0 Å². The number of hydrogen-bond donors (Lipinski definition) is 8. The molecule has 0 unspecified atom stereocenters. The fourth-order valence-corrected chi connectivity index (χ4v) is 11.2. The Morgan fingerprint density at radius 3 is 2.23 bits per heavy atom. The quantitative estimate of drug-likeness (QED) is 0.0100. The van der Waals surface area contributed by atoms with Gasteiger partial charge in [-0.2, -0.15) is 0 Å². The molecule has 4 heterocycles. The number of aliphatic carboxylic acids is 1. The summed E-state index contributed by atoms with van der Waals surface area (Å²) < 4.78 is 36.4. The lowest BCUT2D eigenvalue weighted by Crippen LogP contribution is -2.42. The van der Waals surface area contributed by atoms with Crippen LogP contribution in [0.4, 0.5) is 16.3 Å². The molecule has 2 aliphatic heterocycles.